The van der Waals surface area contributed by atoms with Crippen LogP contribution in [-0.4, -0.2) is 36.2 Å². The van der Waals surface area contributed by atoms with Crippen LogP contribution >= 0.6 is 11.6 Å². The monoisotopic (exact) mass is 319 g/mol. The highest BCUT2D eigenvalue weighted by Gasteiger charge is 2.34. The fourth-order valence-electron chi connectivity index (χ4n) is 2.93. The van der Waals surface area contributed by atoms with E-state index in [0.29, 0.717) is 24.4 Å². The summed E-state index contributed by atoms with van der Waals surface area (Å²) in [6.45, 7) is 2.49. The first kappa shape index (κ1) is 15.8. The average molecular weight is 320 g/mol. The minimum absolute atomic E-state index is 0.140. The van der Waals surface area contributed by atoms with Gasteiger partial charge in [0.05, 0.1) is 27.9 Å². The number of halogens is 1. The molecule has 5 nitrogen and oxygen atoms in total. The van der Waals surface area contributed by atoms with E-state index in [9.17, 15) is 8.42 Å². The maximum Gasteiger partial charge on any atom is 0.150 e. The molecule has 0 aromatic carbocycles. The molecule has 7 heteroatoms. The van der Waals surface area contributed by atoms with Crippen LogP contribution in [0.2, 0.25) is 5.02 Å². The van der Waals surface area contributed by atoms with Crippen LogP contribution in [-0.2, 0) is 29.7 Å². The van der Waals surface area contributed by atoms with Gasteiger partial charge in [0.1, 0.15) is 0 Å². The van der Waals surface area contributed by atoms with E-state index >= 15 is 0 Å². The third-order valence-corrected chi connectivity index (χ3v) is 6.43. The van der Waals surface area contributed by atoms with E-state index in [0.717, 1.165) is 17.8 Å². The zero-order valence-corrected chi connectivity index (χ0v) is 13.5. The van der Waals surface area contributed by atoms with Crippen LogP contribution in [0.3, 0.4) is 0 Å². The highest BCUT2D eigenvalue weighted by atomic mass is 35.5. The van der Waals surface area contributed by atoms with E-state index < -0.39 is 9.84 Å². The first-order valence-corrected chi connectivity index (χ1v) is 9.18. The molecular formula is C13H22ClN3O2S. The lowest BCUT2D eigenvalue weighted by Crippen LogP contribution is -2.27. The SMILES string of the molecule is CCc1nn(C)c(CC(CN)C2CCS(=O)(=O)C2)c1Cl. The van der Waals surface area contributed by atoms with Gasteiger partial charge >= 0.3 is 0 Å². The molecule has 0 bridgehead atoms. The molecule has 114 valence electrons. The van der Waals surface area contributed by atoms with E-state index in [1.807, 2.05) is 14.0 Å². The second-order valence-corrected chi connectivity index (χ2v) is 8.15. The van der Waals surface area contributed by atoms with Crippen molar-refractivity contribution in [3.05, 3.63) is 16.4 Å². The van der Waals surface area contributed by atoms with Crippen molar-refractivity contribution in [2.45, 2.75) is 26.2 Å². The molecule has 1 aliphatic rings. The molecule has 1 saturated heterocycles. The topological polar surface area (TPSA) is 78.0 Å². The largest absolute Gasteiger partial charge is 0.330 e. The number of nitrogens with two attached hydrogens (primary N) is 1. The summed E-state index contributed by atoms with van der Waals surface area (Å²) in [5.74, 6) is 0.823. The Hall–Kier alpha value is -0.590. The molecule has 1 aromatic heterocycles. The summed E-state index contributed by atoms with van der Waals surface area (Å²) in [5, 5.41) is 5.10. The Labute approximate surface area is 125 Å². The van der Waals surface area contributed by atoms with Crippen molar-refractivity contribution < 1.29 is 8.42 Å². The summed E-state index contributed by atoms with van der Waals surface area (Å²) < 4.78 is 25.0. The molecule has 1 aliphatic heterocycles. The van der Waals surface area contributed by atoms with Crippen LogP contribution in [0.5, 0.6) is 0 Å². The Kier molecular flexibility index (Phi) is 4.76. The first-order valence-electron chi connectivity index (χ1n) is 6.98. The Morgan fingerprint density at radius 3 is 2.70 bits per heavy atom. The zero-order valence-electron chi connectivity index (χ0n) is 12.0. The molecule has 0 aliphatic carbocycles. The smallest absolute Gasteiger partial charge is 0.150 e. The van der Waals surface area contributed by atoms with Gasteiger partial charge in [0.25, 0.3) is 0 Å². The molecule has 2 rings (SSSR count). The molecule has 1 aromatic rings. The van der Waals surface area contributed by atoms with Gasteiger partial charge in [-0.3, -0.25) is 4.68 Å². The number of aromatic nitrogens is 2. The molecule has 2 atom stereocenters. The van der Waals surface area contributed by atoms with Crippen molar-refractivity contribution in [2.24, 2.45) is 24.6 Å². The average Bonchev–Trinajstić information content (AvgIpc) is 2.88. The second kappa shape index (κ2) is 6.03. The van der Waals surface area contributed by atoms with Gasteiger partial charge in [0, 0.05) is 7.05 Å². The van der Waals surface area contributed by atoms with Crippen LogP contribution in [0.25, 0.3) is 0 Å². The predicted octanol–water partition coefficient (Wildman–Crippen LogP) is 1.19. The Bertz CT molecular complexity index is 583. The maximum absolute atomic E-state index is 11.6. The van der Waals surface area contributed by atoms with Gasteiger partial charge in [0.2, 0.25) is 0 Å². The van der Waals surface area contributed by atoms with Crippen LogP contribution in [0.4, 0.5) is 0 Å². The summed E-state index contributed by atoms with van der Waals surface area (Å²) in [5.41, 5.74) is 7.71. The van der Waals surface area contributed by atoms with Crippen molar-refractivity contribution in [3.8, 4) is 0 Å². The van der Waals surface area contributed by atoms with Gasteiger partial charge < -0.3 is 5.73 Å². The molecule has 2 heterocycles. The lowest BCUT2D eigenvalue weighted by atomic mass is 9.88. The maximum atomic E-state index is 11.6. The Balaban J connectivity index is 2.17. The van der Waals surface area contributed by atoms with Gasteiger partial charge in [-0.05, 0) is 37.6 Å². The van der Waals surface area contributed by atoms with Gasteiger partial charge in [-0.25, -0.2) is 8.42 Å². The minimum Gasteiger partial charge on any atom is -0.330 e. The van der Waals surface area contributed by atoms with Crippen molar-refractivity contribution >= 4 is 21.4 Å². The lowest BCUT2D eigenvalue weighted by Gasteiger charge is -2.21. The fourth-order valence-corrected chi connectivity index (χ4v) is 5.22. The summed E-state index contributed by atoms with van der Waals surface area (Å²) in [4.78, 5) is 0. The number of hydrogen-bond donors (Lipinski definition) is 1. The molecule has 2 unspecified atom stereocenters. The Morgan fingerprint density at radius 2 is 2.25 bits per heavy atom. The van der Waals surface area contributed by atoms with Crippen molar-refractivity contribution in [1.29, 1.82) is 0 Å². The predicted molar refractivity (Wildman–Crippen MR) is 80.6 cm³/mol. The number of aryl methyl sites for hydroxylation is 2. The summed E-state index contributed by atoms with van der Waals surface area (Å²) in [7, 11) is -0.999. The van der Waals surface area contributed by atoms with E-state index in [1.54, 1.807) is 4.68 Å². The van der Waals surface area contributed by atoms with Gasteiger partial charge in [-0.1, -0.05) is 18.5 Å². The van der Waals surface area contributed by atoms with E-state index in [2.05, 4.69) is 5.10 Å². The second-order valence-electron chi connectivity index (χ2n) is 5.55. The normalized spacial score (nSPS) is 23.1. The third-order valence-electron chi connectivity index (χ3n) is 4.20. The van der Waals surface area contributed by atoms with Gasteiger partial charge in [0.15, 0.2) is 9.84 Å². The summed E-state index contributed by atoms with van der Waals surface area (Å²) in [6.07, 6.45) is 2.19. The number of nitrogens with zero attached hydrogens (tertiary/aromatic N) is 2. The molecule has 20 heavy (non-hydrogen) atoms. The Morgan fingerprint density at radius 1 is 1.55 bits per heavy atom. The van der Waals surface area contributed by atoms with Crippen LogP contribution in [0, 0.1) is 11.8 Å². The van der Waals surface area contributed by atoms with Crippen molar-refractivity contribution in [1.82, 2.24) is 9.78 Å². The van der Waals surface area contributed by atoms with E-state index in [1.165, 1.54) is 0 Å². The van der Waals surface area contributed by atoms with E-state index in [-0.39, 0.29) is 23.3 Å². The number of sulfone groups is 1. The molecule has 0 spiro atoms. The highest BCUT2D eigenvalue weighted by molar-refractivity contribution is 7.91. The summed E-state index contributed by atoms with van der Waals surface area (Å²) in [6, 6.07) is 0. The quantitative estimate of drug-likeness (QED) is 0.884. The van der Waals surface area contributed by atoms with Crippen molar-refractivity contribution in [3.63, 3.8) is 0 Å². The molecule has 1 fully saturated rings. The fraction of sp³-hybridized carbons (Fsp3) is 0.769. The molecule has 0 saturated carbocycles. The van der Waals surface area contributed by atoms with Crippen LogP contribution < -0.4 is 5.73 Å². The van der Waals surface area contributed by atoms with Gasteiger partial charge in [-0.2, -0.15) is 5.10 Å². The van der Waals surface area contributed by atoms with Gasteiger partial charge in [-0.15, -0.1) is 0 Å². The van der Waals surface area contributed by atoms with Crippen molar-refractivity contribution in [2.75, 3.05) is 18.1 Å². The highest BCUT2D eigenvalue weighted by Crippen LogP contribution is 2.30. The number of hydrogen-bond acceptors (Lipinski definition) is 4. The minimum atomic E-state index is -2.87. The lowest BCUT2D eigenvalue weighted by molar-refractivity contribution is 0.363. The zero-order chi connectivity index (χ0) is 14.9. The van der Waals surface area contributed by atoms with Crippen LogP contribution in [0.15, 0.2) is 0 Å². The molecule has 0 radical (unpaired) electrons. The third kappa shape index (κ3) is 3.18. The van der Waals surface area contributed by atoms with E-state index in [4.69, 9.17) is 17.3 Å². The molecule has 2 N–H and O–H groups in total. The molecular weight excluding hydrogens is 298 g/mol. The number of rotatable bonds is 5. The molecule has 0 amide bonds. The standard InChI is InChI=1S/C13H22ClN3O2S/c1-3-11-13(14)12(17(2)16-11)6-10(7-15)9-4-5-20(18,19)8-9/h9-10H,3-8,15H2,1-2H3. The first-order chi connectivity index (χ1) is 9.38. The summed E-state index contributed by atoms with van der Waals surface area (Å²) >= 11 is 6.35. The van der Waals surface area contributed by atoms with Crippen LogP contribution in [0.1, 0.15) is 24.7 Å².